The van der Waals surface area contributed by atoms with Gasteiger partial charge in [-0.25, -0.2) is 0 Å². The van der Waals surface area contributed by atoms with E-state index in [1.807, 2.05) is 0 Å². The summed E-state index contributed by atoms with van der Waals surface area (Å²) in [6.07, 6.45) is 4.94. The molecule has 88 valence electrons. The van der Waals surface area contributed by atoms with Crippen molar-refractivity contribution in [1.82, 2.24) is 0 Å². The fourth-order valence-electron chi connectivity index (χ4n) is 3.07. The molecule has 2 N–H and O–H groups in total. The number of hydrogen-bond acceptors (Lipinski definition) is 1. The zero-order chi connectivity index (χ0) is 11.7. The Morgan fingerprint density at radius 2 is 1.82 bits per heavy atom. The fourth-order valence-corrected chi connectivity index (χ4v) is 3.07. The van der Waals surface area contributed by atoms with Gasteiger partial charge in [0.2, 0.25) is 0 Å². The van der Waals surface area contributed by atoms with E-state index < -0.39 is 0 Å². The van der Waals surface area contributed by atoms with Crippen molar-refractivity contribution in [2.75, 3.05) is 0 Å². The second-order valence-corrected chi connectivity index (χ2v) is 5.20. The Balaban J connectivity index is 1.94. The molecule has 0 aromatic heterocycles. The molecule has 0 bridgehead atoms. The first-order valence-electron chi connectivity index (χ1n) is 6.57. The van der Waals surface area contributed by atoms with Crippen LogP contribution in [-0.4, -0.2) is 6.04 Å². The summed E-state index contributed by atoms with van der Waals surface area (Å²) >= 11 is 0. The van der Waals surface area contributed by atoms with E-state index in [9.17, 15) is 0 Å². The van der Waals surface area contributed by atoms with E-state index in [0.717, 1.165) is 6.42 Å². The van der Waals surface area contributed by atoms with Gasteiger partial charge in [-0.3, -0.25) is 0 Å². The van der Waals surface area contributed by atoms with Crippen LogP contribution in [0.2, 0.25) is 0 Å². The molecular formula is C16H19N. The number of nitrogens with two attached hydrogens (primary N) is 1. The van der Waals surface area contributed by atoms with E-state index >= 15 is 0 Å². The fraction of sp³-hybridized carbons (Fsp3) is 0.375. The lowest BCUT2D eigenvalue weighted by atomic mass is 9.92. The van der Waals surface area contributed by atoms with Gasteiger partial charge in [0, 0.05) is 6.04 Å². The predicted octanol–water partition coefficient (Wildman–Crippen LogP) is 3.51. The molecule has 3 rings (SSSR count). The average molecular weight is 225 g/mol. The van der Waals surface area contributed by atoms with Crippen LogP contribution in [0.25, 0.3) is 10.8 Å². The van der Waals surface area contributed by atoms with Crippen LogP contribution >= 0.6 is 0 Å². The second kappa shape index (κ2) is 4.50. The van der Waals surface area contributed by atoms with Gasteiger partial charge in [0.1, 0.15) is 0 Å². The Labute approximate surface area is 103 Å². The van der Waals surface area contributed by atoms with Gasteiger partial charge in [0.15, 0.2) is 0 Å². The molecule has 1 heteroatoms. The first-order chi connectivity index (χ1) is 8.34. The molecule has 1 nitrogen and oxygen atoms in total. The highest BCUT2D eigenvalue weighted by molar-refractivity contribution is 5.85. The van der Waals surface area contributed by atoms with Gasteiger partial charge >= 0.3 is 0 Å². The maximum absolute atomic E-state index is 6.17. The molecular weight excluding hydrogens is 206 g/mol. The molecule has 0 radical (unpaired) electrons. The zero-order valence-corrected chi connectivity index (χ0v) is 10.1. The van der Waals surface area contributed by atoms with Gasteiger partial charge in [-0.05, 0) is 41.5 Å². The van der Waals surface area contributed by atoms with Crippen molar-refractivity contribution < 1.29 is 0 Å². The van der Waals surface area contributed by atoms with E-state index in [4.69, 9.17) is 5.73 Å². The first-order valence-corrected chi connectivity index (χ1v) is 6.57. The number of benzene rings is 2. The maximum Gasteiger partial charge on any atom is 0.00703 e. The zero-order valence-electron chi connectivity index (χ0n) is 10.1. The normalized spacial score (nSPS) is 24.3. The molecule has 1 saturated carbocycles. The standard InChI is InChI=1S/C16H19N/c17-16-10-4-8-14(16)11-13-7-3-6-12-5-1-2-9-15(12)13/h1-3,5-7,9,14,16H,4,8,10-11,17H2. The lowest BCUT2D eigenvalue weighted by molar-refractivity contribution is 0.480. The first kappa shape index (κ1) is 10.8. The summed E-state index contributed by atoms with van der Waals surface area (Å²) in [6, 6.07) is 15.7. The third kappa shape index (κ3) is 2.07. The van der Waals surface area contributed by atoms with Crippen LogP contribution < -0.4 is 5.73 Å². The average Bonchev–Trinajstić information content (AvgIpc) is 2.76. The summed E-state index contributed by atoms with van der Waals surface area (Å²) in [7, 11) is 0. The molecule has 0 saturated heterocycles. The monoisotopic (exact) mass is 225 g/mol. The van der Waals surface area contributed by atoms with Crippen molar-refractivity contribution in [3.05, 3.63) is 48.0 Å². The molecule has 1 aliphatic rings. The summed E-state index contributed by atoms with van der Waals surface area (Å²) in [6.45, 7) is 0. The molecule has 0 amide bonds. The van der Waals surface area contributed by atoms with Crippen molar-refractivity contribution in [3.63, 3.8) is 0 Å². The lowest BCUT2D eigenvalue weighted by Gasteiger charge is -2.16. The minimum Gasteiger partial charge on any atom is -0.327 e. The molecule has 1 fully saturated rings. The van der Waals surface area contributed by atoms with Gasteiger partial charge in [-0.1, -0.05) is 48.9 Å². The third-order valence-electron chi connectivity index (χ3n) is 4.08. The van der Waals surface area contributed by atoms with Crippen LogP contribution in [0.3, 0.4) is 0 Å². The molecule has 2 atom stereocenters. The van der Waals surface area contributed by atoms with Gasteiger partial charge in [0.25, 0.3) is 0 Å². The topological polar surface area (TPSA) is 26.0 Å². The Kier molecular flexibility index (Phi) is 2.86. The Bertz CT molecular complexity index is 512. The molecule has 2 unspecified atom stereocenters. The third-order valence-corrected chi connectivity index (χ3v) is 4.08. The van der Waals surface area contributed by atoms with Crippen LogP contribution in [0.15, 0.2) is 42.5 Å². The van der Waals surface area contributed by atoms with Crippen molar-refractivity contribution in [2.24, 2.45) is 11.7 Å². The minimum absolute atomic E-state index is 0.411. The van der Waals surface area contributed by atoms with Crippen molar-refractivity contribution >= 4 is 10.8 Å². The van der Waals surface area contributed by atoms with Crippen molar-refractivity contribution in [3.8, 4) is 0 Å². The quantitative estimate of drug-likeness (QED) is 0.831. The minimum atomic E-state index is 0.411. The van der Waals surface area contributed by atoms with Gasteiger partial charge in [-0.2, -0.15) is 0 Å². The van der Waals surface area contributed by atoms with Gasteiger partial charge in [-0.15, -0.1) is 0 Å². The summed E-state index contributed by atoms with van der Waals surface area (Å²) in [4.78, 5) is 0. The van der Waals surface area contributed by atoms with E-state index in [1.165, 1.54) is 35.6 Å². The van der Waals surface area contributed by atoms with E-state index in [-0.39, 0.29) is 0 Å². The van der Waals surface area contributed by atoms with E-state index in [0.29, 0.717) is 12.0 Å². The van der Waals surface area contributed by atoms with Gasteiger partial charge < -0.3 is 5.73 Å². The summed E-state index contributed by atoms with van der Waals surface area (Å²) in [5.74, 6) is 0.681. The van der Waals surface area contributed by atoms with Crippen LogP contribution in [0.1, 0.15) is 24.8 Å². The molecule has 1 aliphatic carbocycles. The van der Waals surface area contributed by atoms with Crippen molar-refractivity contribution in [1.29, 1.82) is 0 Å². The highest BCUT2D eigenvalue weighted by Crippen LogP contribution is 2.29. The molecule has 0 aliphatic heterocycles. The van der Waals surface area contributed by atoms with Crippen LogP contribution in [0.4, 0.5) is 0 Å². The highest BCUT2D eigenvalue weighted by Gasteiger charge is 2.24. The Morgan fingerprint density at radius 3 is 2.65 bits per heavy atom. The molecule has 0 spiro atoms. The maximum atomic E-state index is 6.17. The largest absolute Gasteiger partial charge is 0.327 e. The molecule has 17 heavy (non-hydrogen) atoms. The highest BCUT2D eigenvalue weighted by atomic mass is 14.7. The van der Waals surface area contributed by atoms with Crippen LogP contribution in [-0.2, 0) is 6.42 Å². The number of fused-ring (bicyclic) bond motifs is 1. The summed E-state index contributed by atoms with van der Waals surface area (Å²) in [5, 5.41) is 2.74. The molecule has 0 heterocycles. The lowest BCUT2D eigenvalue weighted by Crippen LogP contribution is -2.25. The summed E-state index contributed by atoms with van der Waals surface area (Å²) < 4.78 is 0. The second-order valence-electron chi connectivity index (χ2n) is 5.20. The van der Waals surface area contributed by atoms with Crippen molar-refractivity contribution in [2.45, 2.75) is 31.7 Å². The van der Waals surface area contributed by atoms with E-state index in [1.54, 1.807) is 0 Å². The predicted molar refractivity (Wildman–Crippen MR) is 73.0 cm³/mol. The van der Waals surface area contributed by atoms with Crippen LogP contribution in [0, 0.1) is 5.92 Å². The number of hydrogen-bond donors (Lipinski definition) is 1. The Morgan fingerprint density at radius 1 is 1.00 bits per heavy atom. The smallest absolute Gasteiger partial charge is 0.00703 e. The summed E-state index contributed by atoms with van der Waals surface area (Å²) in [5.41, 5.74) is 7.63. The van der Waals surface area contributed by atoms with Gasteiger partial charge in [0.05, 0.1) is 0 Å². The molecule has 2 aromatic rings. The van der Waals surface area contributed by atoms with E-state index in [2.05, 4.69) is 42.5 Å². The number of rotatable bonds is 2. The Hall–Kier alpha value is -1.34. The molecule has 2 aromatic carbocycles. The van der Waals surface area contributed by atoms with Crippen LogP contribution in [0.5, 0.6) is 0 Å². The SMILES string of the molecule is NC1CCCC1Cc1cccc2ccccc12.